The first-order valence-corrected chi connectivity index (χ1v) is 9.06. The maximum Gasteiger partial charge on any atom is 0.247 e. The molecule has 0 aromatic rings. The molecule has 0 aliphatic heterocycles. The average Bonchev–Trinajstić information content (AvgIpc) is 2.58. The zero-order valence-electron chi connectivity index (χ0n) is 12.3. The Balaban J connectivity index is 4.94. The van der Waals surface area contributed by atoms with E-state index in [0.29, 0.717) is 19.3 Å². The van der Waals surface area contributed by atoms with Gasteiger partial charge in [-0.3, -0.25) is 0 Å². The first-order chi connectivity index (χ1) is 11.5. The molecule has 0 aromatic carbocycles. The van der Waals surface area contributed by atoms with Gasteiger partial charge in [0.2, 0.25) is 24.3 Å². The molecule has 12 heteroatoms. The summed E-state index contributed by atoms with van der Waals surface area (Å²) < 4.78 is 6.01. The molecule has 0 spiro atoms. The second kappa shape index (κ2) is 14.3. The highest BCUT2D eigenvalue weighted by molar-refractivity contribution is 8.10. The molecule has 130 valence electrons. The van der Waals surface area contributed by atoms with Crippen LogP contribution in [0.15, 0.2) is 18.8 Å². The number of hydrogen-bond acceptors (Lipinski definition) is 12. The minimum absolute atomic E-state index is 0.00351. The maximum absolute atomic E-state index is 10.3. The van der Waals surface area contributed by atoms with Gasteiger partial charge in [0.1, 0.15) is 4.08 Å². The number of aliphatic imine (C=N–C) groups is 2. The summed E-state index contributed by atoms with van der Waals surface area (Å²) in [7, 11) is 0. The normalized spacial score (nSPS) is 14.6. The summed E-state index contributed by atoms with van der Waals surface area (Å²) in [6.07, 6.45) is 7.03. The lowest BCUT2D eigenvalue weighted by Gasteiger charge is -2.26. The Hall–Kier alpha value is -1.08. The second-order valence-corrected chi connectivity index (χ2v) is 8.29. The van der Waals surface area contributed by atoms with Gasteiger partial charge in [0.05, 0.1) is 13.1 Å². The van der Waals surface area contributed by atoms with E-state index in [1.54, 1.807) is 0 Å². The zero-order chi connectivity index (χ0) is 18.3. The van der Waals surface area contributed by atoms with Crippen molar-refractivity contribution >= 4 is 73.5 Å². The standard InChI is InChI=1S/C12H14N4O4S4/c17-6-13-4-2-10(21)11(23-15-8-19)1-3-12(22,5-14-7-18)24-16-9-20/h10-11,21-22H,1-5H2. The Morgan fingerprint density at radius 3 is 2.21 bits per heavy atom. The van der Waals surface area contributed by atoms with E-state index >= 15 is 0 Å². The van der Waals surface area contributed by atoms with Crippen molar-refractivity contribution in [2.24, 2.45) is 18.8 Å². The van der Waals surface area contributed by atoms with E-state index in [2.05, 4.69) is 44.0 Å². The van der Waals surface area contributed by atoms with Gasteiger partial charge in [-0.05, 0) is 31.2 Å². The fraction of sp³-hybridized carbons (Fsp3) is 0.667. The van der Waals surface area contributed by atoms with Crippen LogP contribution in [0.4, 0.5) is 0 Å². The second-order valence-electron chi connectivity index (χ2n) is 4.32. The van der Waals surface area contributed by atoms with Gasteiger partial charge in [-0.15, -0.1) is 8.80 Å². The molecule has 0 heterocycles. The van der Waals surface area contributed by atoms with Crippen LogP contribution in [0, 0.1) is 0 Å². The highest BCUT2D eigenvalue weighted by atomic mass is 32.2. The lowest BCUT2D eigenvalue weighted by molar-refractivity contribution is 0.557. The van der Waals surface area contributed by atoms with Gasteiger partial charge >= 0.3 is 0 Å². The molecule has 0 bridgehead atoms. The Labute approximate surface area is 158 Å². The number of nitrogens with zero attached hydrogens (tertiary/aromatic N) is 4. The van der Waals surface area contributed by atoms with Crippen LogP contribution in [0.3, 0.4) is 0 Å². The molecular weight excluding hydrogens is 392 g/mol. The molecule has 0 rings (SSSR count). The van der Waals surface area contributed by atoms with Crippen molar-refractivity contribution in [3.63, 3.8) is 0 Å². The molecule has 0 saturated heterocycles. The van der Waals surface area contributed by atoms with Crippen molar-refractivity contribution in [2.75, 3.05) is 13.1 Å². The maximum atomic E-state index is 10.3. The van der Waals surface area contributed by atoms with Crippen molar-refractivity contribution in [3.8, 4) is 0 Å². The summed E-state index contributed by atoms with van der Waals surface area (Å²) in [6, 6.07) is 0. The Morgan fingerprint density at radius 1 is 0.958 bits per heavy atom. The van der Waals surface area contributed by atoms with Crippen LogP contribution in [0.25, 0.3) is 0 Å². The summed E-state index contributed by atoms with van der Waals surface area (Å²) in [5.74, 6) is 0. The molecule has 0 saturated carbocycles. The van der Waals surface area contributed by atoms with Crippen LogP contribution in [0.1, 0.15) is 19.3 Å². The number of isocyanates is 4. The van der Waals surface area contributed by atoms with Crippen LogP contribution in [-0.2, 0) is 19.2 Å². The molecule has 0 fully saturated rings. The fourth-order valence-corrected chi connectivity index (χ4v) is 3.58. The summed E-state index contributed by atoms with van der Waals surface area (Å²) >= 11 is 10.7. The van der Waals surface area contributed by atoms with Crippen LogP contribution in [-0.4, -0.2) is 52.0 Å². The zero-order valence-corrected chi connectivity index (χ0v) is 15.7. The van der Waals surface area contributed by atoms with Crippen LogP contribution in [0.5, 0.6) is 0 Å². The Morgan fingerprint density at radius 2 is 1.62 bits per heavy atom. The van der Waals surface area contributed by atoms with Crippen LogP contribution in [0.2, 0.25) is 0 Å². The van der Waals surface area contributed by atoms with Crippen molar-refractivity contribution in [2.45, 2.75) is 33.8 Å². The SMILES string of the molecule is O=C=NCCC(S)C(CCC(S)(CN=C=O)SN=C=O)SN=C=O. The summed E-state index contributed by atoms with van der Waals surface area (Å²) in [6.45, 7) is 0.252. The summed E-state index contributed by atoms with van der Waals surface area (Å²) in [5, 5.41) is -0.417. The molecular formula is C12H14N4O4S4. The molecule has 0 aliphatic carbocycles. The Bertz CT molecular complexity index is 560. The van der Waals surface area contributed by atoms with Gasteiger partial charge in [-0.2, -0.15) is 25.3 Å². The Kier molecular flexibility index (Phi) is 13.6. The summed E-state index contributed by atoms with van der Waals surface area (Å²) in [5.41, 5.74) is 0. The third-order valence-electron chi connectivity index (χ3n) is 2.72. The number of thiol groups is 2. The first-order valence-electron chi connectivity index (χ1n) is 6.49. The quantitative estimate of drug-likeness (QED) is 0.159. The highest BCUT2D eigenvalue weighted by Gasteiger charge is 2.30. The van der Waals surface area contributed by atoms with Gasteiger partial charge in [0.25, 0.3) is 0 Å². The van der Waals surface area contributed by atoms with Gasteiger partial charge < -0.3 is 0 Å². The minimum Gasteiger partial charge on any atom is -0.211 e. The third-order valence-corrected chi connectivity index (χ3v) is 6.00. The molecule has 0 N–H and O–H groups in total. The average molecular weight is 407 g/mol. The van der Waals surface area contributed by atoms with E-state index in [0.717, 1.165) is 23.9 Å². The fourth-order valence-electron chi connectivity index (χ4n) is 1.61. The molecule has 0 aliphatic rings. The van der Waals surface area contributed by atoms with Gasteiger partial charge in [0, 0.05) is 22.4 Å². The minimum atomic E-state index is -0.910. The van der Waals surface area contributed by atoms with E-state index in [4.69, 9.17) is 0 Å². The topological polar surface area (TPSA) is 118 Å². The largest absolute Gasteiger partial charge is 0.247 e. The molecule has 24 heavy (non-hydrogen) atoms. The van der Waals surface area contributed by atoms with E-state index in [1.807, 2.05) is 0 Å². The van der Waals surface area contributed by atoms with E-state index in [1.165, 1.54) is 24.3 Å². The monoisotopic (exact) mass is 406 g/mol. The first kappa shape index (κ1) is 22.9. The van der Waals surface area contributed by atoms with Crippen molar-refractivity contribution < 1.29 is 19.2 Å². The molecule has 8 nitrogen and oxygen atoms in total. The van der Waals surface area contributed by atoms with E-state index in [9.17, 15) is 19.2 Å². The number of carbonyl (C=O) groups excluding carboxylic acids is 4. The number of rotatable bonds is 13. The lowest BCUT2D eigenvalue weighted by atomic mass is 10.1. The van der Waals surface area contributed by atoms with Gasteiger partial charge in [0.15, 0.2) is 0 Å². The van der Waals surface area contributed by atoms with Crippen LogP contribution >= 0.6 is 49.2 Å². The smallest absolute Gasteiger partial charge is 0.211 e. The lowest BCUT2D eigenvalue weighted by Crippen LogP contribution is -2.26. The van der Waals surface area contributed by atoms with Gasteiger partial charge in [-0.1, -0.05) is 0 Å². The van der Waals surface area contributed by atoms with Crippen LogP contribution < -0.4 is 0 Å². The third kappa shape index (κ3) is 10.6. The van der Waals surface area contributed by atoms with Crippen molar-refractivity contribution in [3.05, 3.63) is 0 Å². The molecule has 0 amide bonds. The predicted molar refractivity (Wildman–Crippen MR) is 99.5 cm³/mol. The molecule has 3 atom stereocenters. The molecule has 0 aromatic heterocycles. The van der Waals surface area contributed by atoms with Gasteiger partial charge in [-0.25, -0.2) is 29.2 Å². The van der Waals surface area contributed by atoms with E-state index < -0.39 is 4.08 Å². The predicted octanol–water partition coefficient (Wildman–Crippen LogP) is 2.09. The molecule has 3 unspecified atom stereocenters. The van der Waals surface area contributed by atoms with E-state index in [-0.39, 0.29) is 23.6 Å². The van der Waals surface area contributed by atoms with Crippen molar-refractivity contribution in [1.82, 2.24) is 0 Å². The van der Waals surface area contributed by atoms with Crippen molar-refractivity contribution in [1.29, 1.82) is 0 Å². The highest BCUT2D eigenvalue weighted by Crippen LogP contribution is 2.38. The molecule has 0 radical (unpaired) electrons. The summed E-state index contributed by atoms with van der Waals surface area (Å²) in [4.78, 5) is 48.0. The number of hydrogen-bond donors (Lipinski definition) is 2.